The van der Waals surface area contributed by atoms with E-state index in [1.165, 1.54) is 0 Å². The van der Waals surface area contributed by atoms with Crippen LogP contribution in [0.3, 0.4) is 0 Å². The van der Waals surface area contributed by atoms with Crippen LogP contribution in [0.15, 0.2) is 48.5 Å². The molecule has 0 fully saturated rings. The second-order valence-electron chi connectivity index (χ2n) is 7.21. The van der Waals surface area contributed by atoms with E-state index in [-0.39, 0.29) is 18.3 Å². The number of nitrogen functional groups attached to an aromatic ring is 1. The van der Waals surface area contributed by atoms with Crippen molar-refractivity contribution in [3.63, 3.8) is 0 Å². The molecule has 1 amide bonds. The number of fused-ring (bicyclic) bond motifs is 1. The average molecular weight is 412 g/mol. The molecule has 1 aromatic heterocycles. The van der Waals surface area contributed by atoms with Crippen LogP contribution in [0.5, 0.6) is 0 Å². The van der Waals surface area contributed by atoms with E-state index < -0.39 is 0 Å². The van der Waals surface area contributed by atoms with Gasteiger partial charge in [0.2, 0.25) is 5.91 Å². The number of anilines is 3. The van der Waals surface area contributed by atoms with Crippen molar-refractivity contribution in [2.24, 2.45) is 0 Å². The number of nitrogens with two attached hydrogens (primary N) is 1. The number of carbonyl (C=O) groups excluding carboxylic acids is 1. The number of nitrogens with zero attached hydrogens (tertiary/aromatic N) is 3. The van der Waals surface area contributed by atoms with Gasteiger partial charge in [0.15, 0.2) is 0 Å². The molecule has 0 bridgehead atoms. The molecule has 3 aromatic rings. The van der Waals surface area contributed by atoms with Gasteiger partial charge in [-0.3, -0.25) is 4.79 Å². The Bertz CT molecular complexity index is 1020. The Morgan fingerprint density at radius 1 is 1.14 bits per heavy atom. The van der Waals surface area contributed by atoms with Crippen LogP contribution in [0, 0.1) is 13.8 Å². The van der Waals surface area contributed by atoms with Gasteiger partial charge in [0.05, 0.1) is 29.3 Å². The number of hydrogen-bond donors (Lipinski definition) is 2. The summed E-state index contributed by atoms with van der Waals surface area (Å²) in [7, 11) is 0. The van der Waals surface area contributed by atoms with Gasteiger partial charge in [-0.25, -0.2) is 4.68 Å². The number of hydrogen-bond acceptors (Lipinski definition) is 4. The van der Waals surface area contributed by atoms with E-state index in [1.807, 2.05) is 67.1 Å². The first-order valence-corrected chi connectivity index (χ1v) is 9.58. The predicted molar refractivity (Wildman–Crippen MR) is 120 cm³/mol. The number of nitrogens with one attached hydrogen (secondary N) is 1. The third kappa shape index (κ3) is 4.07. The highest BCUT2D eigenvalue weighted by Gasteiger charge is 2.22. The molecule has 6 nitrogen and oxygen atoms in total. The highest BCUT2D eigenvalue weighted by molar-refractivity contribution is 5.95. The quantitative estimate of drug-likeness (QED) is 0.638. The number of aryl methyl sites for hydroxylation is 1. The summed E-state index contributed by atoms with van der Waals surface area (Å²) < 4.78 is 1.86. The van der Waals surface area contributed by atoms with Crippen molar-refractivity contribution in [2.75, 3.05) is 29.0 Å². The Morgan fingerprint density at radius 3 is 2.66 bits per heavy atom. The zero-order valence-electron chi connectivity index (χ0n) is 16.7. The molecule has 4 rings (SSSR count). The fourth-order valence-electron chi connectivity index (χ4n) is 3.89. The lowest BCUT2D eigenvalue weighted by Crippen LogP contribution is -2.37. The molecule has 0 aliphatic carbocycles. The van der Waals surface area contributed by atoms with E-state index in [0.717, 1.165) is 59.1 Å². The highest BCUT2D eigenvalue weighted by atomic mass is 35.5. The summed E-state index contributed by atoms with van der Waals surface area (Å²) in [5.41, 5.74) is 12.6. The Kier molecular flexibility index (Phi) is 6.13. The minimum absolute atomic E-state index is 0. The molecule has 0 saturated carbocycles. The van der Waals surface area contributed by atoms with Crippen molar-refractivity contribution in [1.82, 2.24) is 9.78 Å². The normalized spacial score (nSPS) is 12.8. The van der Waals surface area contributed by atoms with Crippen molar-refractivity contribution in [3.05, 3.63) is 65.5 Å². The van der Waals surface area contributed by atoms with E-state index in [4.69, 9.17) is 5.73 Å². The third-order valence-corrected chi connectivity index (χ3v) is 5.27. The summed E-state index contributed by atoms with van der Waals surface area (Å²) in [6.07, 6.45) is 1.96. The van der Waals surface area contributed by atoms with Gasteiger partial charge in [0, 0.05) is 17.9 Å². The summed E-state index contributed by atoms with van der Waals surface area (Å²) in [5, 5.41) is 7.67. The van der Waals surface area contributed by atoms with Crippen LogP contribution in [0.1, 0.15) is 23.4 Å². The summed E-state index contributed by atoms with van der Waals surface area (Å²) in [6, 6.07) is 15.8. The first-order chi connectivity index (χ1) is 13.5. The summed E-state index contributed by atoms with van der Waals surface area (Å²) in [5.74, 6) is -0.0471. The van der Waals surface area contributed by atoms with Crippen molar-refractivity contribution >= 4 is 35.4 Å². The standard InChI is InChI=1S/C22H25N5O.ClH/c1-15-22(16(2)27(25-15)17-8-4-3-5-9-17)24-21(28)14-26-13-7-10-18-19(23)11-6-12-20(18)26;/h3-6,8-9,11-12H,7,10,13-14,23H2,1-2H3,(H,24,28);1H. The van der Waals surface area contributed by atoms with Crippen LogP contribution >= 0.6 is 12.4 Å². The highest BCUT2D eigenvalue weighted by Crippen LogP contribution is 2.31. The number of rotatable bonds is 4. The number of benzene rings is 2. The molecule has 0 unspecified atom stereocenters. The molecule has 7 heteroatoms. The summed E-state index contributed by atoms with van der Waals surface area (Å²) in [6.45, 7) is 5.04. The Labute approximate surface area is 177 Å². The molecule has 2 aromatic carbocycles. The third-order valence-electron chi connectivity index (χ3n) is 5.27. The molecule has 152 valence electrons. The number of aromatic nitrogens is 2. The second kappa shape index (κ2) is 8.57. The smallest absolute Gasteiger partial charge is 0.243 e. The monoisotopic (exact) mass is 411 g/mol. The fourth-order valence-corrected chi connectivity index (χ4v) is 3.89. The van der Waals surface area contributed by atoms with Crippen LogP contribution in [-0.2, 0) is 11.2 Å². The minimum Gasteiger partial charge on any atom is -0.398 e. The second-order valence-corrected chi connectivity index (χ2v) is 7.21. The van der Waals surface area contributed by atoms with E-state index in [2.05, 4.69) is 15.3 Å². The van der Waals surface area contributed by atoms with Gasteiger partial charge < -0.3 is 16.0 Å². The molecule has 29 heavy (non-hydrogen) atoms. The molecule has 1 aliphatic heterocycles. The van der Waals surface area contributed by atoms with Crippen LogP contribution in [-0.4, -0.2) is 28.8 Å². The lowest BCUT2D eigenvalue weighted by Gasteiger charge is -2.31. The fraction of sp³-hybridized carbons (Fsp3) is 0.273. The topological polar surface area (TPSA) is 76.2 Å². The van der Waals surface area contributed by atoms with Crippen molar-refractivity contribution in [3.8, 4) is 5.69 Å². The summed E-state index contributed by atoms with van der Waals surface area (Å²) >= 11 is 0. The first kappa shape index (κ1) is 20.7. The minimum atomic E-state index is -0.0471. The molecule has 0 atom stereocenters. The molecule has 0 radical (unpaired) electrons. The van der Waals surface area contributed by atoms with Gasteiger partial charge in [0.1, 0.15) is 0 Å². The first-order valence-electron chi connectivity index (χ1n) is 9.58. The van der Waals surface area contributed by atoms with Gasteiger partial charge in [-0.05, 0) is 56.5 Å². The molecule has 0 saturated heterocycles. The predicted octanol–water partition coefficient (Wildman–Crippen LogP) is 3.88. The SMILES string of the molecule is Cc1nn(-c2ccccc2)c(C)c1NC(=O)CN1CCCc2c(N)cccc21.Cl. The van der Waals surface area contributed by atoms with E-state index >= 15 is 0 Å². The number of carbonyl (C=O) groups is 1. The summed E-state index contributed by atoms with van der Waals surface area (Å²) in [4.78, 5) is 14.9. The lowest BCUT2D eigenvalue weighted by atomic mass is 10.00. The van der Waals surface area contributed by atoms with Gasteiger partial charge >= 0.3 is 0 Å². The van der Waals surface area contributed by atoms with E-state index in [0.29, 0.717) is 6.54 Å². The van der Waals surface area contributed by atoms with Crippen LogP contribution in [0.4, 0.5) is 17.1 Å². The van der Waals surface area contributed by atoms with Gasteiger partial charge in [-0.1, -0.05) is 24.3 Å². The van der Waals surface area contributed by atoms with Gasteiger partial charge in [0.25, 0.3) is 0 Å². The molecular weight excluding hydrogens is 386 g/mol. The molecule has 3 N–H and O–H groups in total. The Hall–Kier alpha value is -2.99. The van der Waals surface area contributed by atoms with E-state index in [1.54, 1.807) is 0 Å². The maximum atomic E-state index is 12.8. The van der Waals surface area contributed by atoms with Crippen molar-refractivity contribution < 1.29 is 4.79 Å². The zero-order chi connectivity index (χ0) is 19.7. The zero-order valence-corrected chi connectivity index (χ0v) is 17.5. The number of halogens is 1. The van der Waals surface area contributed by atoms with Gasteiger partial charge in [-0.2, -0.15) is 5.10 Å². The lowest BCUT2D eigenvalue weighted by molar-refractivity contribution is -0.115. The van der Waals surface area contributed by atoms with Crippen molar-refractivity contribution in [2.45, 2.75) is 26.7 Å². The largest absolute Gasteiger partial charge is 0.398 e. The van der Waals surface area contributed by atoms with Crippen LogP contribution in [0.25, 0.3) is 5.69 Å². The maximum Gasteiger partial charge on any atom is 0.243 e. The number of para-hydroxylation sites is 1. The Morgan fingerprint density at radius 2 is 1.90 bits per heavy atom. The molecule has 2 heterocycles. The average Bonchev–Trinajstić information content (AvgIpc) is 2.98. The number of amides is 1. The van der Waals surface area contributed by atoms with Crippen LogP contribution in [0.2, 0.25) is 0 Å². The Balaban J connectivity index is 0.00000240. The molecule has 1 aliphatic rings. The van der Waals surface area contributed by atoms with Crippen molar-refractivity contribution in [1.29, 1.82) is 0 Å². The maximum absolute atomic E-state index is 12.8. The van der Waals surface area contributed by atoms with Gasteiger partial charge in [-0.15, -0.1) is 12.4 Å². The molecular formula is C22H26ClN5O. The van der Waals surface area contributed by atoms with Crippen LogP contribution < -0.4 is 16.0 Å². The van der Waals surface area contributed by atoms with E-state index in [9.17, 15) is 4.79 Å². The molecule has 0 spiro atoms.